The second-order valence-electron chi connectivity index (χ2n) is 5.44. The van der Waals surface area contributed by atoms with Gasteiger partial charge >= 0.3 is 0 Å². The molecule has 1 aromatic carbocycles. The normalized spacial score (nSPS) is 10.7. The van der Waals surface area contributed by atoms with Crippen molar-refractivity contribution in [2.45, 2.75) is 25.5 Å². The van der Waals surface area contributed by atoms with Gasteiger partial charge in [0.15, 0.2) is 11.0 Å². The molecular formula is C17H17ClN6OS. The van der Waals surface area contributed by atoms with Crippen molar-refractivity contribution in [1.82, 2.24) is 24.7 Å². The van der Waals surface area contributed by atoms with Crippen molar-refractivity contribution in [1.29, 1.82) is 0 Å². The summed E-state index contributed by atoms with van der Waals surface area (Å²) in [4.78, 5) is 20.6. The number of aryl methyl sites for hydroxylation is 1. The highest BCUT2D eigenvalue weighted by Gasteiger charge is 2.15. The summed E-state index contributed by atoms with van der Waals surface area (Å²) in [6, 6.07) is 5.35. The standard InChI is InChI=1S/C17H17ClN6OS/c1-3-24-16(14-9-19-6-7-20-14)22-23-17(24)26-10-15(25)21-13-5-4-12(18)8-11(13)2/h4-9H,3,10H2,1-2H3,(H,21,25). The lowest BCUT2D eigenvalue weighted by Gasteiger charge is -2.09. The van der Waals surface area contributed by atoms with Gasteiger partial charge in [-0.3, -0.25) is 9.78 Å². The van der Waals surface area contributed by atoms with Crippen LogP contribution in [0.5, 0.6) is 0 Å². The van der Waals surface area contributed by atoms with Gasteiger partial charge in [0, 0.05) is 29.6 Å². The number of carbonyl (C=O) groups is 1. The van der Waals surface area contributed by atoms with Gasteiger partial charge in [0.2, 0.25) is 5.91 Å². The first kappa shape index (κ1) is 18.3. The van der Waals surface area contributed by atoms with Gasteiger partial charge in [0.05, 0.1) is 11.9 Å². The molecule has 0 aliphatic rings. The molecule has 9 heteroatoms. The Morgan fingerprint density at radius 3 is 2.85 bits per heavy atom. The molecule has 0 saturated carbocycles. The summed E-state index contributed by atoms with van der Waals surface area (Å²) in [5.41, 5.74) is 2.31. The van der Waals surface area contributed by atoms with Gasteiger partial charge in [0.25, 0.3) is 0 Å². The van der Waals surface area contributed by atoms with Gasteiger partial charge in [0.1, 0.15) is 5.69 Å². The number of nitrogens with one attached hydrogen (secondary N) is 1. The predicted octanol–water partition coefficient (Wildman–Crippen LogP) is 3.45. The Balaban J connectivity index is 1.68. The molecule has 1 amide bonds. The van der Waals surface area contributed by atoms with Crippen molar-refractivity contribution in [3.05, 3.63) is 47.4 Å². The van der Waals surface area contributed by atoms with E-state index in [-0.39, 0.29) is 11.7 Å². The number of hydrogen-bond acceptors (Lipinski definition) is 6. The predicted molar refractivity (Wildman–Crippen MR) is 102 cm³/mol. The monoisotopic (exact) mass is 388 g/mol. The summed E-state index contributed by atoms with van der Waals surface area (Å²) < 4.78 is 1.91. The molecule has 0 spiro atoms. The van der Waals surface area contributed by atoms with Crippen molar-refractivity contribution in [3.8, 4) is 11.5 Å². The lowest BCUT2D eigenvalue weighted by Crippen LogP contribution is -2.15. The molecule has 0 atom stereocenters. The summed E-state index contributed by atoms with van der Waals surface area (Å²) in [5, 5.41) is 12.6. The summed E-state index contributed by atoms with van der Waals surface area (Å²) in [6.45, 7) is 4.55. The molecule has 2 aromatic heterocycles. The molecule has 3 aromatic rings. The first-order chi connectivity index (χ1) is 12.6. The fourth-order valence-electron chi connectivity index (χ4n) is 2.37. The number of aromatic nitrogens is 5. The van der Waals surface area contributed by atoms with Crippen LogP contribution in [0.4, 0.5) is 5.69 Å². The fraction of sp³-hybridized carbons (Fsp3) is 0.235. The van der Waals surface area contributed by atoms with Crippen LogP contribution in [0.2, 0.25) is 5.02 Å². The van der Waals surface area contributed by atoms with E-state index in [2.05, 4.69) is 25.5 Å². The van der Waals surface area contributed by atoms with Crippen molar-refractivity contribution in [2.24, 2.45) is 0 Å². The van der Waals surface area contributed by atoms with Crippen LogP contribution in [0.3, 0.4) is 0 Å². The highest BCUT2D eigenvalue weighted by Crippen LogP contribution is 2.23. The molecule has 7 nitrogen and oxygen atoms in total. The lowest BCUT2D eigenvalue weighted by molar-refractivity contribution is -0.113. The highest BCUT2D eigenvalue weighted by molar-refractivity contribution is 7.99. The minimum Gasteiger partial charge on any atom is -0.325 e. The van der Waals surface area contributed by atoms with Crippen molar-refractivity contribution in [2.75, 3.05) is 11.1 Å². The van der Waals surface area contributed by atoms with Gasteiger partial charge in [-0.1, -0.05) is 23.4 Å². The lowest BCUT2D eigenvalue weighted by atomic mass is 10.2. The third-order valence-electron chi connectivity index (χ3n) is 3.62. The summed E-state index contributed by atoms with van der Waals surface area (Å²) in [7, 11) is 0. The van der Waals surface area contributed by atoms with Crippen LogP contribution in [0.1, 0.15) is 12.5 Å². The molecule has 0 aliphatic carbocycles. The Labute approximate surface area is 160 Å². The number of amides is 1. The van der Waals surface area contributed by atoms with Crippen LogP contribution in [-0.2, 0) is 11.3 Å². The highest BCUT2D eigenvalue weighted by atomic mass is 35.5. The number of carbonyl (C=O) groups excluding carboxylic acids is 1. The van der Waals surface area contributed by atoms with Gasteiger partial charge in [-0.05, 0) is 37.6 Å². The average Bonchev–Trinajstić information content (AvgIpc) is 3.06. The quantitative estimate of drug-likeness (QED) is 0.651. The van der Waals surface area contributed by atoms with Gasteiger partial charge < -0.3 is 9.88 Å². The zero-order valence-corrected chi connectivity index (χ0v) is 15.9. The molecule has 0 unspecified atom stereocenters. The maximum absolute atomic E-state index is 12.3. The number of halogens is 1. The fourth-order valence-corrected chi connectivity index (χ4v) is 3.40. The van der Waals surface area contributed by atoms with E-state index in [4.69, 9.17) is 11.6 Å². The summed E-state index contributed by atoms with van der Waals surface area (Å²) in [5.74, 6) is 0.741. The Kier molecular flexibility index (Phi) is 5.85. The Bertz CT molecular complexity index is 915. The Morgan fingerprint density at radius 1 is 1.31 bits per heavy atom. The van der Waals surface area contributed by atoms with Gasteiger partial charge in [-0.15, -0.1) is 10.2 Å². The molecule has 2 heterocycles. The third-order valence-corrected chi connectivity index (χ3v) is 4.82. The van der Waals surface area contributed by atoms with Crippen molar-refractivity contribution < 1.29 is 4.79 Å². The number of rotatable bonds is 6. The van der Waals surface area contributed by atoms with Crippen molar-refractivity contribution >= 4 is 35.0 Å². The number of thioether (sulfide) groups is 1. The SMILES string of the molecule is CCn1c(SCC(=O)Nc2ccc(Cl)cc2C)nnc1-c1cnccn1. The molecule has 0 radical (unpaired) electrons. The second kappa shape index (κ2) is 8.29. The Hall–Kier alpha value is -2.45. The maximum Gasteiger partial charge on any atom is 0.234 e. The number of anilines is 1. The molecule has 1 N–H and O–H groups in total. The second-order valence-corrected chi connectivity index (χ2v) is 6.82. The van der Waals surface area contributed by atoms with Crippen LogP contribution in [0.15, 0.2) is 41.9 Å². The molecule has 0 aliphatic heterocycles. The van der Waals surface area contributed by atoms with Crippen LogP contribution in [0, 0.1) is 6.92 Å². The number of benzene rings is 1. The van der Waals surface area contributed by atoms with E-state index in [1.165, 1.54) is 11.8 Å². The molecular weight excluding hydrogens is 372 g/mol. The first-order valence-electron chi connectivity index (χ1n) is 7.97. The molecule has 0 fully saturated rings. The molecule has 0 bridgehead atoms. The van der Waals surface area contributed by atoms with Gasteiger partial charge in [-0.2, -0.15) is 0 Å². The van der Waals surface area contributed by atoms with E-state index < -0.39 is 0 Å². The van der Waals surface area contributed by atoms with Crippen LogP contribution in [-0.4, -0.2) is 36.4 Å². The van der Waals surface area contributed by atoms with Gasteiger partial charge in [-0.25, -0.2) is 4.98 Å². The first-order valence-corrected chi connectivity index (χ1v) is 9.33. The summed E-state index contributed by atoms with van der Waals surface area (Å²) in [6.07, 6.45) is 4.86. The molecule has 26 heavy (non-hydrogen) atoms. The van der Waals surface area contributed by atoms with E-state index in [0.29, 0.717) is 28.2 Å². The van der Waals surface area contributed by atoms with Crippen LogP contribution < -0.4 is 5.32 Å². The maximum atomic E-state index is 12.3. The molecule has 0 saturated heterocycles. The third kappa shape index (κ3) is 4.20. The largest absolute Gasteiger partial charge is 0.325 e. The van der Waals surface area contributed by atoms with Crippen LogP contribution >= 0.6 is 23.4 Å². The van der Waals surface area contributed by atoms with Crippen LogP contribution in [0.25, 0.3) is 11.5 Å². The zero-order valence-electron chi connectivity index (χ0n) is 14.3. The van der Waals surface area contributed by atoms with Crippen molar-refractivity contribution in [3.63, 3.8) is 0 Å². The topological polar surface area (TPSA) is 85.6 Å². The minimum atomic E-state index is -0.118. The van der Waals surface area contributed by atoms with E-state index in [1.807, 2.05) is 24.5 Å². The zero-order chi connectivity index (χ0) is 18.5. The summed E-state index contributed by atoms with van der Waals surface area (Å²) >= 11 is 7.26. The average molecular weight is 389 g/mol. The smallest absolute Gasteiger partial charge is 0.234 e. The van der Waals surface area contributed by atoms with E-state index in [0.717, 1.165) is 11.3 Å². The Morgan fingerprint density at radius 2 is 2.15 bits per heavy atom. The number of hydrogen-bond donors (Lipinski definition) is 1. The van der Waals surface area contributed by atoms with E-state index in [1.54, 1.807) is 30.7 Å². The molecule has 134 valence electrons. The molecule has 3 rings (SSSR count). The van der Waals surface area contributed by atoms with E-state index in [9.17, 15) is 4.79 Å². The minimum absolute atomic E-state index is 0.118. The number of nitrogens with zero attached hydrogens (tertiary/aromatic N) is 5. The van der Waals surface area contributed by atoms with E-state index >= 15 is 0 Å².